The van der Waals surface area contributed by atoms with Gasteiger partial charge in [0.15, 0.2) is 5.69 Å². The van der Waals surface area contributed by atoms with Crippen molar-refractivity contribution in [2.24, 2.45) is 0 Å². The van der Waals surface area contributed by atoms with Gasteiger partial charge in [-0.05, 0) is 29.7 Å². The fraction of sp³-hybridized carbons (Fsp3) is 0.143. The molecule has 0 atom stereocenters. The van der Waals surface area contributed by atoms with Gasteiger partial charge in [0.05, 0.1) is 19.3 Å². The van der Waals surface area contributed by atoms with E-state index in [4.69, 9.17) is 0 Å². The Balaban J connectivity index is 1.91. The molecule has 5 nitrogen and oxygen atoms in total. The molecule has 1 N–H and O–H groups in total. The van der Waals surface area contributed by atoms with E-state index in [2.05, 4.69) is 53.6 Å². The van der Waals surface area contributed by atoms with Crippen LogP contribution < -0.4 is 0 Å². The summed E-state index contributed by atoms with van der Waals surface area (Å²) in [6.07, 6.45) is 2.01. The maximum atomic E-state index is 11.4. The van der Waals surface area contributed by atoms with Gasteiger partial charge in [-0.25, -0.2) is 4.79 Å². The summed E-state index contributed by atoms with van der Waals surface area (Å²) in [6, 6.07) is 9.89. The van der Waals surface area contributed by atoms with Crippen LogP contribution in [-0.4, -0.2) is 27.8 Å². The number of benzene rings is 1. The molecule has 3 rings (SSSR count). The molecular weight excluding hydrogens is 322 g/mol. The molecule has 0 amide bonds. The molecular formula is C14H12BrN3O2. The zero-order valence-electron chi connectivity index (χ0n) is 10.8. The SMILES string of the molecule is COC(=O)c1cc(Cn2ccc3ccc(Br)cc32)[nH]n1. The predicted octanol–water partition coefficient (Wildman–Crippen LogP) is 2.96. The summed E-state index contributed by atoms with van der Waals surface area (Å²) in [5.74, 6) is -0.437. The molecule has 1 aromatic carbocycles. The summed E-state index contributed by atoms with van der Waals surface area (Å²) >= 11 is 3.47. The number of rotatable bonds is 3. The molecule has 6 heteroatoms. The smallest absolute Gasteiger partial charge is 0.358 e. The highest BCUT2D eigenvalue weighted by molar-refractivity contribution is 9.10. The lowest BCUT2D eigenvalue weighted by Crippen LogP contribution is -2.01. The molecule has 0 spiro atoms. The minimum atomic E-state index is -0.437. The van der Waals surface area contributed by atoms with E-state index in [-0.39, 0.29) is 0 Å². The van der Waals surface area contributed by atoms with Crippen LogP contribution in [0.4, 0.5) is 0 Å². The topological polar surface area (TPSA) is 59.9 Å². The van der Waals surface area contributed by atoms with Gasteiger partial charge in [0, 0.05) is 16.2 Å². The molecule has 3 aromatic rings. The van der Waals surface area contributed by atoms with Gasteiger partial charge in [-0.3, -0.25) is 5.10 Å². The molecule has 0 saturated carbocycles. The standard InChI is InChI=1S/C14H12BrN3O2/c1-20-14(19)12-7-11(16-17-12)8-18-5-4-9-2-3-10(15)6-13(9)18/h2-7H,8H2,1H3,(H,16,17). The van der Waals surface area contributed by atoms with Gasteiger partial charge in [0.1, 0.15) is 0 Å². The molecule has 2 heterocycles. The van der Waals surface area contributed by atoms with Gasteiger partial charge in [-0.15, -0.1) is 0 Å². The van der Waals surface area contributed by atoms with Crippen molar-refractivity contribution in [2.75, 3.05) is 7.11 Å². The highest BCUT2D eigenvalue weighted by Crippen LogP contribution is 2.21. The molecule has 0 aliphatic heterocycles. The number of methoxy groups -OCH3 is 1. The lowest BCUT2D eigenvalue weighted by atomic mass is 10.2. The van der Waals surface area contributed by atoms with Crippen molar-refractivity contribution in [3.05, 3.63) is 52.4 Å². The Morgan fingerprint density at radius 2 is 2.25 bits per heavy atom. The molecule has 0 fully saturated rings. The Morgan fingerprint density at radius 1 is 1.40 bits per heavy atom. The van der Waals surface area contributed by atoms with Crippen molar-refractivity contribution in [2.45, 2.75) is 6.54 Å². The average Bonchev–Trinajstić information content (AvgIpc) is 3.06. The van der Waals surface area contributed by atoms with E-state index in [1.807, 2.05) is 12.3 Å². The summed E-state index contributed by atoms with van der Waals surface area (Å²) in [6.45, 7) is 0.615. The van der Waals surface area contributed by atoms with Crippen LogP contribution in [0.3, 0.4) is 0 Å². The zero-order valence-corrected chi connectivity index (χ0v) is 12.3. The van der Waals surface area contributed by atoms with Crippen LogP contribution in [0, 0.1) is 0 Å². The van der Waals surface area contributed by atoms with Crippen LogP contribution >= 0.6 is 15.9 Å². The van der Waals surface area contributed by atoms with Crippen molar-refractivity contribution in [1.82, 2.24) is 14.8 Å². The number of aromatic amines is 1. The number of carbonyl (C=O) groups is 1. The third-order valence-corrected chi connectivity index (χ3v) is 3.60. The highest BCUT2D eigenvalue weighted by Gasteiger charge is 2.11. The molecule has 0 radical (unpaired) electrons. The number of H-pyrrole nitrogens is 1. The fourth-order valence-electron chi connectivity index (χ4n) is 2.13. The number of hydrogen-bond donors (Lipinski definition) is 1. The summed E-state index contributed by atoms with van der Waals surface area (Å²) in [5.41, 5.74) is 2.26. The van der Waals surface area contributed by atoms with Crippen molar-refractivity contribution < 1.29 is 9.53 Å². The quantitative estimate of drug-likeness (QED) is 0.749. The van der Waals surface area contributed by atoms with Gasteiger partial charge in [-0.2, -0.15) is 5.10 Å². The van der Waals surface area contributed by atoms with E-state index in [9.17, 15) is 4.79 Å². The number of halogens is 1. The number of aromatic nitrogens is 3. The Bertz CT molecular complexity index is 776. The summed E-state index contributed by atoms with van der Waals surface area (Å²) < 4.78 is 7.76. The number of hydrogen-bond acceptors (Lipinski definition) is 3. The first-order chi connectivity index (χ1) is 9.67. The third-order valence-electron chi connectivity index (χ3n) is 3.10. The number of carbonyl (C=O) groups excluding carboxylic acids is 1. The van der Waals surface area contributed by atoms with Crippen molar-refractivity contribution in [3.8, 4) is 0 Å². The lowest BCUT2D eigenvalue weighted by molar-refractivity contribution is 0.0594. The summed E-state index contributed by atoms with van der Waals surface area (Å²) in [7, 11) is 1.34. The van der Waals surface area contributed by atoms with Gasteiger partial charge in [0.2, 0.25) is 0 Å². The molecule has 0 aliphatic rings. The van der Waals surface area contributed by atoms with E-state index in [1.54, 1.807) is 6.07 Å². The van der Waals surface area contributed by atoms with E-state index in [0.29, 0.717) is 12.2 Å². The van der Waals surface area contributed by atoms with E-state index < -0.39 is 5.97 Å². The third kappa shape index (κ3) is 2.34. The molecule has 0 unspecified atom stereocenters. The van der Waals surface area contributed by atoms with E-state index >= 15 is 0 Å². The Morgan fingerprint density at radius 3 is 3.05 bits per heavy atom. The average molecular weight is 334 g/mol. The fourth-order valence-corrected chi connectivity index (χ4v) is 2.48. The Hall–Kier alpha value is -2.08. The maximum absolute atomic E-state index is 11.4. The first kappa shape index (κ1) is 12.9. The van der Waals surface area contributed by atoms with Crippen LogP contribution in [0.5, 0.6) is 0 Å². The van der Waals surface area contributed by atoms with Gasteiger partial charge < -0.3 is 9.30 Å². The summed E-state index contributed by atoms with van der Waals surface area (Å²) in [5, 5.41) is 7.97. The van der Waals surface area contributed by atoms with E-state index in [1.165, 1.54) is 12.5 Å². The lowest BCUT2D eigenvalue weighted by Gasteiger charge is -2.03. The van der Waals surface area contributed by atoms with Crippen LogP contribution in [-0.2, 0) is 11.3 Å². The predicted molar refractivity (Wildman–Crippen MR) is 78.7 cm³/mol. The van der Waals surface area contributed by atoms with Crippen molar-refractivity contribution in [3.63, 3.8) is 0 Å². The van der Waals surface area contributed by atoms with Crippen LogP contribution in [0.1, 0.15) is 16.2 Å². The highest BCUT2D eigenvalue weighted by atomic mass is 79.9. The first-order valence-corrected chi connectivity index (χ1v) is 6.83. The number of esters is 1. The molecule has 0 bridgehead atoms. The van der Waals surface area contributed by atoms with Crippen LogP contribution in [0.25, 0.3) is 10.9 Å². The monoisotopic (exact) mass is 333 g/mol. The van der Waals surface area contributed by atoms with Gasteiger partial charge >= 0.3 is 5.97 Å². The molecule has 2 aromatic heterocycles. The molecule has 0 saturated heterocycles. The van der Waals surface area contributed by atoms with Crippen LogP contribution in [0.15, 0.2) is 41.0 Å². The van der Waals surface area contributed by atoms with Crippen molar-refractivity contribution >= 4 is 32.8 Å². The molecule has 102 valence electrons. The first-order valence-electron chi connectivity index (χ1n) is 6.04. The second-order valence-corrected chi connectivity index (χ2v) is 5.33. The van der Waals surface area contributed by atoms with Gasteiger partial charge in [0.25, 0.3) is 0 Å². The number of ether oxygens (including phenoxy) is 1. The largest absolute Gasteiger partial charge is 0.464 e. The minimum Gasteiger partial charge on any atom is -0.464 e. The second-order valence-electron chi connectivity index (χ2n) is 4.42. The number of nitrogens with one attached hydrogen (secondary N) is 1. The zero-order chi connectivity index (χ0) is 14.1. The molecule has 20 heavy (non-hydrogen) atoms. The summed E-state index contributed by atoms with van der Waals surface area (Å²) in [4.78, 5) is 11.4. The second kappa shape index (κ2) is 5.13. The Labute approximate surface area is 123 Å². The maximum Gasteiger partial charge on any atom is 0.358 e. The number of fused-ring (bicyclic) bond motifs is 1. The van der Waals surface area contributed by atoms with Gasteiger partial charge in [-0.1, -0.05) is 22.0 Å². The normalized spacial score (nSPS) is 10.9. The number of nitrogens with zero attached hydrogens (tertiary/aromatic N) is 2. The minimum absolute atomic E-state index is 0.292. The van der Waals surface area contributed by atoms with E-state index in [0.717, 1.165) is 15.7 Å². The Kier molecular flexibility index (Phi) is 3.31. The molecule has 0 aliphatic carbocycles. The van der Waals surface area contributed by atoms with Crippen molar-refractivity contribution in [1.29, 1.82) is 0 Å². The van der Waals surface area contributed by atoms with Crippen LogP contribution in [0.2, 0.25) is 0 Å².